The van der Waals surface area contributed by atoms with Crippen molar-refractivity contribution >= 4 is 22.0 Å². The number of rotatable bonds is 4. The van der Waals surface area contributed by atoms with Gasteiger partial charge in [-0.3, -0.25) is 0 Å². The Bertz CT molecular complexity index is 854. The SMILES string of the molecule is CC(C)(C)OC(=O)NC(C)(Cn1ccnc1C#N)c1cc(Br)ccc1F. The zero-order valence-electron chi connectivity index (χ0n) is 15.0. The van der Waals surface area contributed by atoms with Gasteiger partial charge in [0.15, 0.2) is 0 Å². The van der Waals surface area contributed by atoms with Gasteiger partial charge in [0.05, 0.1) is 12.1 Å². The van der Waals surface area contributed by atoms with Crippen LogP contribution >= 0.6 is 15.9 Å². The number of alkyl carbamates (subject to hydrolysis) is 1. The first-order chi connectivity index (χ1) is 12.0. The maximum absolute atomic E-state index is 14.6. The lowest BCUT2D eigenvalue weighted by atomic mass is 9.91. The van der Waals surface area contributed by atoms with Crippen LogP contribution in [0.4, 0.5) is 9.18 Å². The second-order valence-corrected chi connectivity index (χ2v) is 7.99. The summed E-state index contributed by atoms with van der Waals surface area (Å²) >= 11 is 3.33. The van der Waals surface area contributed by atoms with E-state index in [4.69, 9.17) is 4.74 Å². The number of benzene rings is 1. The molecule has 1 aromatic heterocycles. The van der Waals surface area contributed by atoms with Crippen LogP contribution < -0.4 is 5.32 Å². The molecule has 0 aliphatic heterocycles. The fourth-order valence-electron chi connectivity index (χ4n) is 2.53. The molecule has 0 spiro atoms. The van der Waals surface area contributed by atoms with Crippen molar-refractivity contribution in [1.29, 1.82) is 5.26 Å². The molecular formula is C18H20BrFN4O2. The zero-order valence-corrected chi connectivity index (χ0v) is 16.6. The molecule has 1 N–H and O–H groups in total. The zero-order chi connectivity index (χ0) is 19.5. The fourth-order valence-corrected chi connectivity index (χ4v) is 2.89. The molecule has 26 heavy (non-hydrogen) atoms. The third-order valence-electron chi connectivity index (χ3n) is 3.60. The molecule has 0 saturated carbocycles. The minimum Gasteiger partial charge on any atom is -0.444 e. The van der Waals surface area contributed by atoms with Crippen LogP contribution in [-0.4, -0.2) is 21.2 Å². The Kier molecular flexibility index (Phi) is 5.71. The van der Waals surface area contributed by atoms with Crippen LogP contribution in [0.15, 0.2) is 35.1 Å². The van der Waals surface area contributed by atoms with E-state index in [-0.39, 0.29) is 17.9 Å². The van der Waals surface area contributed by atoms with Gasteiger partial charge in [0.2, 0.25) is 5.82 Å². The van der Waals surface area contributed by atoms with E-state index in [0.717, 1.165) is 0 Å². The lowest BCUT2D eigenvalue weighted by Gasteiger charge is -2.33. The third kappa shape index (κ3) is 4.82. The standard InChI is InChI=1S/C18H20BrFN4O2/c1-17(2,3)26-16(25)23-18(4,11-24-8-7-22-15(24)10-21)13-9-12(19)5-6-14(13)20/h5-9H,11H2,1-4H3,(H,23,25). The Morgan fingerprint density at radius 3 is 2.73 bits per heavy atom. The number of nitrogens with one attached hydrogen (secondary N) is 1. The van der Waals surface area contributed by atoms with Crippen molar-refractivity contribution < 1.29 is 13.9 Å². The quantitative estimate of drug-likeness (QED) is 0.803. The van der Waals surface area contributed by atoms with Crippen molar-refractivity contribution in [3.8, 4) is 6.07 Å². The molecule has 138 valence electrons. The third-order valence-corrected chi connectivity index (χ3v) is 4.10. The summed E-state index contributed by atoms with van der Waals surface area (Å²) in [5.74, 6) is -0.317. The Morgan fingerprint density at radius 1 is 1.42 bits per heavy atom. The van der Waals surface area contributed by atoms with Gasteiger partial charge in [-0.1, -0.05) is 15.9 Å². The summed E-state index contributed by atoms with van der Waals surface area (Å²) in [5, 5.41) is 11.9. The van der Waals surface area contributed by atoms with Gasteiger partial charge in [0.1, 0.15) is 17.5 Å². The van der Waals surface area contributed by atoms with Crippen molar-refractivity contribution in [1.82, 2.24) is 14.9 Å². The van der Waals surface area contributed by atoms with Crippen molar-refractivity contribution in [2.75, 3.05) is 0 Å². The number of amides is 1. The smallest absolute Gasteiger partial charge is 0.408 e. The molecule has 0 aliphatic carbocycles. The topological polar surface area (TPSA) is 79.9 Å². The molecule has 6 nitrogen and oxygen atoms in total. The van der Waals surface area contributed by atoms with Gasteiger partial charge in [-0.25, -0.2) is 14.2 Å². The number of carbonyl (C=O) groups excluding carboxylic acids is 1. The van der Waals surface area contributed by atoms with Crippen molar-refractivity contribution in [3.63, 3.8) is 0 Å². The van der Waals surface area contributed by atoms with Gasteiger partial charge in [0.25, 0.3) is 0 Å². The summed E-state index contributed by atoms with van der Waals surface area (Å²) in [4.78, 5) is 16.3. The molecule has 2 rings (SSSR count). The Labute approximate surface area is 160 Å². The highest BCUT2D eigenvalue weighted by Crippen LogP contribution is 2.29. The average molecular weight is 423 g/mol. The maximum Gasteiger partial charge on any atom is 0.408 e. The monoisotopic (exact) mass is 422 g/mol. The first-order valence-electron chi connectivity index (χ1n) is 7.92. The van der Waals surface area contributed by atoms with E-state index >= 15 is 0 Å². The highest BCUT2D eigenvalue weighted by atomic mass is 79.9. The fraction of sp³-hybridized carbons (Fsp3) is 0.389. The molecule has 1 aromatic carbocycles. The molecule has 0 bridgehead atoms. The number of halogens is 2. The summed E-state index contributed by atoms with van der Waals surface area (Å²) in [6, 6.07) is 6.45. The van der Waals surface area contributed by atoms with Gasteiger partial charge < -0.3 is 14.6 Å². The lowest BCUT2D eigenvalue weighted by molar-refractivity contribution is 0.0448. The summed E-state index contributed by atoms with van der Waals surface area (Å²) in [6.45, 7) is 7.00. The number of hydrogen-bond acceptors (Lipinski definition) is 4. The van der Waals surface area contributed by atoms with Gasteiger partial charge in [-0.05, 0) is 45.9 Å². The van der Waals surface area contributed by atoms with E-state index in [9.17, 15) is 14.4 Å². The first-order valence-corrected chi connectivity index (χ1v) is 8.71. The minimum atomic E-state index is -1.18. The van der Waals surface area contributed by atoms with Crippen LogP contribution in [0.2, 0.25) is 0 Å². The van der Waals surface area contributed by atoms with Crippen molar-refractivity contribution in [2.24, 2.45) is 0 Å². The number of aromatic nitrogens is 2. The van der Waals surface area contributed by atoms with Gasteiger partial charge in [-0.15, -0.1) is 0 Å². The predicted octanol–water partition coefficient (Wildman–Crippen LogP) is 4.10. The highest BCUT2D eigenvalue weighted by molar-refractivity contribution is 9.10. The number of nitrogens with zero attached hydrogens (tertiary/aromatic N) is 3. The average Bonchev–Trinajstić information content (AvgIpc) is 2.94. The molecule has 1 unspecified atom stereocenters. The minimum absolute atomic E-state index is 0.0997. The van der Waals surface area contributed by atoms with Crippen molar-refractivity contribution in [2.45, 2.75) is 45.4 Å². The van der Waals surface area contributed by atoms with Crippen LogP contribution in [0.25, 0.3) is 0 Å². The van der Waals surface area contributed by atoms with E-state index in [1.54, 1.807) is 50.6 Å². The van der Waals surface area contributed by atoms with Gasteiger partial charge >= 0.3 is 6.09 Å². The van der Waals surface area contributed by atoms with Crippen LogP contribution in [0.5, 0.6) is 0 Å². The second kappa shape index (κ2) is 7.46. The summed E-state index contributed by atoms with van der Waals surface area (Å²) in [7, 11) is 0. The Morgan fingerprint density at radius 2 is 2.12 bits per heavy atom. The molecular weight excluding hydrogens is 403 g/mol. The molecule has 0 radical (unpaired) electrons. The molecule has 2 aromatic rings. The van der Waals surface area contributed by atoms with E-state index in [1.807, 2.05) is 6.07 Å². The van der Waals surface area contributed by atoms with Crippen molar-refractivity contribution in [3.05, 3.63) is 52.3 Å². The molecule has 1 atom stereocenters. The highest BCUT2D eigenvalue weighted by Gasteiger charge is 2.34. The second-order valence-electron chi connectivity index (χ2n) is 7.07. The molecule has 1 heterocycles. The summed E-state index contributed by atoms with van der Waals surface area (Å²) in [5.41, 5.74) is -1.62. The molecule has 1 amide bonds. The lowest BCUT2D eigenvalue weighted by Crippen LogP contribution is -2.49. The van der Waals surface area contributed by atoms with Crippen LogP contribution in [0.1, 0.15) is 39.1 Å². The van der Waals surface area contributed by atoms with Crippen LogP contribution in [0, 0.1) is 17.1 Å². The summed E-state index contributed by atoms with van der Waals surface area (Å²) < 4.78 is 22.1. The Balaban J connectivity index is 2.45. The van der Waals surface area contributed by atoms with Gasteiger partial charge in [-0.2, -0.15) is 5.26 Å². The molecule has 0 fully saturated rings. The number of ether oxygens (including phenoxy) is 1. The van der Waals surface area contributed by atoms with Crippen LogP contribution in [0.3, 0.4) is 0 Å². The summed E-state index contributed by atoms with van der Waals surface area (Å²) in [6.07, 6.45) is 2.39. The number of carbonyl (C=O) groups is 1. The molecule has 8 heteroatoms. The number of nitriles is 1. The van der Waals surface area contributed by atoms with E-state index in [0.29, 0.717) is 4.47 Å². The molecule has 0 aliphatic rings. The van der Waals surface area contributed by atoms with E-state index in [1.165, 1.54) is 12.3 Å². The van der Waals surface area contributed by atoms with Crippen LogP contribution in [-0.2, 0) is 16.8 Å². The number of hydrogen-bond donors (Lipinski definition) is 1. The predicted molar refractivity (Wildman–Crippen MR) is 97.8 cm³/mol. The van der Waals surface area contributed by atoms with Gasteiger partial charge in [0, 0.05) is 22.4 Å². The Hall–Kier alpha value is -2.40. The van der Waals surface area contributed by atoms with E-state index in [2.05, 4.69) is 26.2 Å². The maximum atomic E-state index is 14.6. The van der Waals surface area contributed by atoms with E-state index < -0.39 is 23.1 Å². The molecule has 0 saturated heterocycles. The number of imidazole rings is 1. The normalized spacial score (nSPS) is 13.6. The largest absolute Gasteiger partial charge is 0.444 e. The first kappa shape index (κ1) is 19.9.